The maximum absolute atomic E-state index is 12.6. The highest BCUT2D eigenvalue weighted by Gasteiger charge is 2.29. The van der Waals surface area contributed by atoms with Crippen LogP contribution in [0.5, 0.6) is 5.75 Å². The van der Waals surface area contributed by atoms with Gasteiger partial charge >= 0.3 is 0 Å². The van der Waals surface area contributed by atoms with Crippen molar-refractivity contribution in [1.82, 2.24) is 0 Å². The fourth-order valence-electron chi connectivity index (χ4n) is 3.48. The van der Waals surface area contributed by atoms with Crippen molar-refractivity contribution in [1.29, 1.82) is 0 Å². The topological polar surface area (TPSA) is 26.3 Å². The molecule has 2 nitrogen and oxygen atoms in total. The lowest BCUT2D eigenvalue weighted by Gasteiger charge is -2.32. The van der Waals surface area contributed by atoms with E-state index in [-0.39, 0.29) is 5.78 Å². The Kier molecular flexibility index (Phi) is 2.97. The molecule has 0 aromatic heterocycles. The third-order valence-electron chi connectivity index (χ3n) is 4.46. The SMILES string of the molecule is [B]C1([B])C=Cc2c3c(c4ccccc4c2O1)CCCCC3=O. The summed E-state index contributed by atoms with van der Waals surface area (Å²) >= 11 is 0. The summed E-state index contributed by atoms with van der Waals surface area (Å²) in [6, 6.07) is 7.99. The van der Waals surface area contributed by atoms with Gasteiger partial charge < -0.3 is 4.74 Å². The molecule has 2 aliphatic rings. The van der Waals surface area contributed by atoms with Gasteiger partial charge in [0.2, 0.25) is 0 Å². The molecule has 0 saturated heterocycles. The molecule has 0 fully saturated rings. The fourth-order valence-corrected chi connectivity index (χ4v) is 3.48. The lowest BCUT2D eigenvalue weighted by atomic mass is 9.64. The van der Waals surface area contributed by atoms with E-state index in [2.05, 4.69) is 0 Å². The largest absolute Gasteiger partial charge is 0.502 e. The van der Waals surface area contributed by atoms with Crippen molar-refractivity contribution in [3.63, 3.8) is 0 Å². The minimum Gasteiger partial charge on any atom is -0.502 e. The van der Waals surface area contributed by atoms with Gasteiger partial charge in [-0.15, -0.1) is 0 Å². The molecule has 104 valence electrons. The first-order valence-corrected chi connectivity index (χ1v) is 7.63. The lowest BCUT2D eigenvalue weighted by Crippen LogP contribution is -2.36. The molecule has 0 N–H and O–H groups in total. The number of carbonyl (C=O) groups is 1. The highest BCUT2D eigenvalue weighted by molar-refractivity contribution is 6.41. The van der Waals surface area contributed by atoms with Crippen LogP contribution in [-0.4, -0.2) is 26.9 Å². The molecule has 1 aliphatic heterocycles. The number of aryl methyl sites for hydroxylation is 1. The van der Waals surface area contributed by atoms with Gasteiger partial charge in [-0.2, -0.15) is 0 Å². The molecule has 0 spiro atoms. The number of benzene rings is 2. The highest BCUT2D eigenvalue weighted by atomic mass is 16.5. The number of ketones is 1. The Morgan fingerprint density at radius 1 is 1.05 bits per heavy atom. The van der Waals surface area contributed by atoms with Gasteiger partial charge in [0, 0.05) is 28.3 Å². The second-order valence-electron chi connectivity index (χ2n) is 6.06. The summed E-state index contributed by atoms with van der Waals surface area (Å²) in [7, 11) is 11.8. The van der Waals surface area contributed by atoms with E-state index in [1.165, 1.54) is 0 Å². The first kappa shape index (κ1) is 13.7. The molecule has 0 bridgehead atoms. The third-order valence-corrected chi connectivity index (χ3v) is 4.46. The minimum absolute atomic E-state index is 0.185. The minimum atomic E-state index is -1.34. The smallest absolute Gasteiger partial charge is 0.163 e. The zero-order chi connectivity index (χ0) is 15.3. The quantitative estimate of drug-likeness (QED) is 0.548. The Morgan fingerprint density at radius 3 is 2.59 bits per heavy atom. The van der Waals surface area contributed by atoms with E-state index in [4.69, 9.17) is 20.4 Å². The van der Waals surface area contributed by atoms with E-state index in [1.54, 1.807) is 6.08 Å². The van der Waals surface area contributed by atoms with E-state index in [9.17, 15) is 4.79 Å². The molecular weight excluding hydrogens is 270 g/mol. The highest BCUT2D eigenvalue weighted by Crippen LogP contribution is 2.42. The van der Waals surface area contributed by atoms with Crippen LogP contribution in [0.1, 0.15) is 40.7 Å². The maximum Gasteiger partial charge on any atom is 0.163 e. The van der Waals surface area contributed by atoms with Crippen LogP contribution >= 0.6 is 0 Å². The summed E-state index contributed by atoms with van der Waals surface area (Å²) < 4.78 is 5.80. The van der Waals surface area contributed by atoms with E-state index >= 15 is 0 Å². The number of hydrogen-bond donors (Lipinski definition) is 0. The molecule has 0 unspecified atom stereocenters. The molecule has 4 heteroatoms. The van der Waals surface area contributed by atoms with Gasteiger partial charge in [0.15, 0.2) is 5.78 Å². The standard InChI is InChI=1S/C18H14B2O2/c19-18(20)10-9-14-16-12(6-3-4-8-15(16)21)11-5-1-2-7-13(11)17(14)22-18/h1-2,5,7,9-10H,3-4,6,8H2. The van der Waals surface area contributed by atoms with Gasteiger partial charge in [-0.1, -0.05) is 36.4 Å². The van der Waals surface area contributed by atoms with Crippen LogP contribution in [0.25, 0.3) is 16.8 Å². The molecule has 1 aliphatic carbocycles. The van der Waals surface area contributed by atoms with Crippen molar-refractivity contribution in [2.24, 2.45) is 0 Å². The molecule has 0 amide bonds. The Balaban J connectivity index is 2.13. The number of rotatable bonds is 0. The van der Waals surface area contributed by atoms with Crippen LogP contribution in [0.3, 0.4) is 0 Å². The van der Waals surface area contributed by atoms with E-state index in [1.807, 2.05) is 30.3 Å². The second-order valence-corrected chi connectivity index (χ2v) is 6.06. The number of fused-ring (bicyclic) bond motifs is 6. The molecule has 22 heavy (non-hydrogen) atoms. The van der Waals surface area contributed by atoms with Gasteiger partial charge in [0.05, 0.1) is 0 Å². The van der Waals surface area contributed by atoms with Crippen LogP contribution in [0.2, 0.25) is 0 Å². The number of carbonyl (C=O) groups excluding carboxylic acids is 1. The Morgan fingerprint density at radius 2 is 1.77 bits per heavy atom. The molecular formula is C18H14B2O2. The number of Topliss-reactive ketones (excluding diaryl/α,β-unsaturated/α-hetero) is 1. The van der Waals surface area contributed by atoms with E-state index in [0.717, 1.165) is 46.7 Å². The predicted octanol–water partition coefficient (Wildman–Crippen LogP) is 3.15. The number of ether oxygens (including phenoxy) is 1. The Labute approximate surface area is 132 Å². The van der Waals surface area contributed by atoms with Crippen LogP contribution in [0.4, 0.5) is 0 Å². The third kappa shape index (κ3) is 2.01. The summed E-state index contributed by atoms with van der Waals surface area (Å²) in [6.45, 7) is 0. The fraction of sp³-hybridized carbons (Fsp3) is 0.278. The summed E-state index contributed by atoms with van der Waals surface area (Å²) in [4.78, 5) is 12.6. The molecule has 2 aromatic carbocycles. The van der Waals surface area contributed by atoms with Crippen molar-refractivity contribution in [2.75, 3.05) is 0 Å². The van der Waals surface area contributed by atoms with Crippen LogP contribution in [0, 0.1) is 0 Å². The van der Waals surface area contributed by atoms with Crippen molar-refractivity contribution >= 4 is 38.3 Å². The average Bonchev–Trinajstić information content (AvgIpc) is 2.69. The van der Waals surface area contributed by atoms with E-state index in [0.29, 0.717) is 12.2 Å². The van der Waals surface area contributed by atoms with Crippen LogP contribution < -0.4 is 4.74 Å². The van der Waals surface area contributed by atoms with Gasteiger partial charge in [0.25, 0.3) is 0 Å². The predicted molar refractivity (Wildman–Crippen MR) is 89.7 cm³/mol. The van der Waals surface area contributed by atoms with Crippen molar-refractivity contribution in [2.45, 2.75) is 31.1 Å². The number of hydrogen-bond acceptors (Lipinski definition) is 2. The summed E-state index contributed by atoms with van der Waals surface area (Å²) in [5, 5.41) is 0.700. The maximum atomic E-state index is 12.6. The van der Waals surface area contributed by atoms with Crippen molar-refractivity contribution in [3.8, 4) is 5.75 Å². The van der Waals surface area contributed by atoms with Gasteiger partial charge in [-0.25, -0.2) is 0 Å². The Bertz CT molecular complexity index is 821. The van der Waals surface area contributed by atoms with E-state index < -0.39 is 5.40 Å². The summed E-state index contributed by atoms with van der Waals surface area (Å²) in [5.74, 6) is 0.807. The second kappa shape index (κ2) is 4.77. The van der Waals surface area contributed by atoms with Gasteiger partial charge in [-0.3, -0.25) is 4.79 Å². The zero-order valence-corrected chi connectivity index (χ0v) is 12.3. The Hall–Kier alpha value is -1.96. The van der Waals surface area contributed by atoms with Crippen molar-refractivity contribution < 1.29 is 9.53 Å². The van der Waals surface area contributed by atoms with Gasteiger partial charge in [0.1, 0.15) is 21.4 Å². The summed E-state index contributed by atoms with van der Waals surface area (Å²) in [5.41, 5.74) is 2.75. The zero-order valence-electron chi connectivity index (χ0n) is 12.3. The van der Waals surface area contributed by atoms with Crippen LogP contribution in [-0.2, 0) is 6.42 Å². The van der Waals surface area contributed by atoms with Crippen molar-refractivity contribution in [3.05, 3.63) is 47.0 Å². The molecule has 2 aromatic rings. The molecule has 0 atom stereocenters. The summed E-state index contributed by atoms with van der Waals surface area (Å²) in [6.07, 6.45) is 6.92. The molecule has 0 saturated carbocycles. The average molecular weight is 284 g/mol. The van der Waals surface area contributed by atoms with Gasteiger partial charge in [-0.05, 0) is 30.2 Å². The molecule has 1 heterocycles. The first-order chi connectivity index (χ1) is 10.6. The lowest BCUT2D eigenvalue weighted by molar-refractivity contribution is 0.0981. The molecule has 4 radical (unpaired) electrons. The first-order valence-electron chi connectivity index (χ1n) is 7.63. The monoisotopic (exact) mass is 284 g/mol. The van der Waals surface area contributed by atoms with Crippen LogP contribution in [0.15, 0.2) is 30.3 Å². The molecule has 4 rings (SSSR count). The normalized spacial score (nSPS) is 19.2.